The lowest BCUT2D eigenvalue weighted by Crippen LogP contribution is -2.02. The number of rotatable bonds is 3. The molecule has 0 unspecified atom stereocenters. The standard InChI is InChI=1S/C12H13ClN4O/c1-7-8(13)4-3-5-9(7)15-10-6-11(18-2)17-12(14)16-10/h3-6H,1-2H3,(H3,14,15,16,17). The molecule has 0 saturated carbocycles. The van der Waals surface area contributed by atoms with E-state index in [1.54, 1.807) is 6.07 Å². The highest BCUT2D eigenvalue weighted by Crippen LogP contribution is 2.26. The molecule has 94 valence electrons. The van der Waals surface area contributed by atoms with Crippen molar-refractivity contribution in [1.29, 1.82) is 0 Å². The Morgan fingerprint density at radius 1 is 1.33 bits per heavy atom. The number of hydrogen-bond acceptors (Lipinski definition) is 5. The van der Waals surface area contributed by atoms with Crippen LogP contribution in [0.2, 0.25) is 5.02 Å². The highest BCUT2D eigenvalue weighted by atomic mass is 35.5. The first kappa shape index (κ1) is 12.4. The van der Waals surface area contributed by atoms with Gasteiger partial charge in [0, 0.05) is 16.8 Å². The number of aromatic nitrogens is 2. The maximum atomic E-state index is 6.05. The van der Waals surface area contributed by atoms with E-state index in [2.05, 4.69) is 15.3 Å². The molecule has 1 aromatic carbocycles. The molecule has 0 bridgehead atoms. The second-order valence-corrected chi connectivity index (χ2v) is 4.10. The van der Waals surface area contributed by atoms with Gasteiger partial charge >= 0.3 is 0 Å². The fourth-order valence-electron chi connectivity index (χ4n) is 1.49. The van der Waals surface area contributed by atoms with Gasteiger partial charge in [-0.2, -0.15) is 9.97 Å². The molecule has 0 fully saturated rings. The largest absolute Gasteiger partial charge is 0.481 e. The van der Waals surface area contributed by atoms with Crippen LogP contribution in [0.5, 0.6) is 5.88 Å². The summed E-state index contributed by atoms with van der Waals surface area (Å²) in [5, 5.41) is 3.82. The van der Waals surface area contributed by atoms with E-state index < -0.39 is 0 Å². The van der Waals surface area contributed by atoms with E-state index in [1.165, 1.54) is 7.11 Å². The van der Waals surface area contributed by atoms with E-state index in [-0.39, 0.29) is 5.95 Å². The van der Waals surface area contributed by atoms with Crippen molar-refractivity contribution in [2.45, 2.75) is 6.92 Å². The van der Waals surface area contributed by atoms with Crippen molar-refractivity contribution in [3.8, 4) is 5.88 Å². The summed E-state index contributed by atoms with van der Waals surface area (Å²) in [5.74, 6) is 1.12. The van der Waals surface area contributed by atoms with Gasteiger partial charge < -0.3 is 15.8 Å². The third kappa shape index (κ3) is 2.62. The fraction of sp³-hybridized carbons (Fsp3) is 0.167. The molecule has 0 spiro atoms. The Balaban J connectivity index is 2.34. The molecule has 2 aromatic rings. The van der Waals surface area contributed by atoms with Crippen LogP contribution in [0.3, 0.4) is 0 Å². The number of nitrogens with one attached hydrogen (secondary N) is 1. The van der Waals surface area contributed by atoms with Crippen molar-refractivity contribution >= 4 is 29.1 Å². The van der Waals surface area contributed by atoms with Gasteiger partial charge in [-0.1, -0.05) is 17.7 Å². The molecule has 0 radical (unpaired) electrons. The van der Waals surface area contributed by atoms with Crippen LogP contribution in [0.1, 0.15) is 5.56 Å². The summed E-state index contributed by atoms with van der Waals surface area (Å²) in [6.45, 7) is 1.92. The first-order chi connectivity index (χ1) is 8.60. The Kier molecular flexibility index (Phi) is 3.53. The molecule has 1 heterocycles. The number of halogens is 1. The summed E-state index contributed by atoms with van der Waals surface area (Å²) in [6.07, 6.45) is 0. The van der Waals surface area contributed by atoms with Gasteiger partial charge in [-0.05, 0) is 24.6 Å². The predicted octanol–water partition coefficient (Wildman–Crippen LogP) is 2.77. The maximum Gasteiger partial charge on any atom is 0.225 e. The first-order valence-electron chi connectivity index (χ1n) is 5.31. The van der Waals surface area contributed by atoms with Gasteiger partial charge in [-0.25, -0.2) is 0 Å². The normalized spacial score (nSPS) is 10.2. The number of hydrogen-bond donors (Lipinski definition) is 2. The first-order valence-corrected chi connectivity index (χ1v) is 5.68. The molecule has 18 heavy (non-hydrogen) atoms. The Bertz CT molecular complexity index is 574. The molecule has 2 rings (SSSR count). The van der Waals surface area contributed by atoms with Crippen LogP contribution >= 0.6 is 11.6 Å². The van der Waals surface area contributed by atoms with Gasteiger partial charge in [0.1, 0.15) is 5.82 Å². The monoisotopic (exact) mass is 264 g/mol. The summed E-state index contributed by atoms with van der Waals surface area (Å²) < 4.78 is 5.03. The van der Waals surface area contributed by atoms with Crippen LogP contribution in [0.4, 0.5) is 17.5 Å². The summed E-state index contributed by atoms with van der Waals surface area (Å²) in [4.78, 5) is 7.99. The molecule has 0 atom stereocenters. The summed E-state index contributed by atoms with van der Waals surface area (Å²) in [6, 6.07) is 7.26. The van der Waals surface area contributed by atoms with Crippen molar-refractivity contribution in [3.63, 3.8) is 0 Å². The van der Waals surface area contributed by atoms with Gasteiger partial charge in [0.05, 0.1) is 7.11 Å². The van der Waals surface area contributed by atoms with E-state index in [1.807, 2.05) is 25.1 Å². The second kappa shape index (κ2) is 5.10. The Morgan fingerprint density at radius 3 is 2.83 bits per heavy atom. The van der Waals surface area contributed by atoms with Crippen LogP contribution in [0.15, 0.2) is 24.3 Å². The topological polar surface area (TPSA) is 73.1 Å². The molecule has 0 aliphatic rings. The zero-order valence-electron chi connectivity index (χ0n) is 10.1. The molecule has 5 nitrogen and oxygen atoms in total. The van der Waals surface area contributed by atoms with Crippen LogP contribution < -0.4 is 15.8 Å². The number of ether oxygens (including phenoxy) is 1. The van der Waals surface area contributed by atoms with Crippen LogP contribution in [-0.2, 0) is 0 Å². The van der Waals surface area contributed by atoms with Gasteiger partial charge in [-0.3, -0.25) is 0 Å². The molecule has 0 saturated heterocycles. The number of nitrogen functional groups attached to an aromatic ring is 1. The van der Waals surface area contributed by atoms with E-state index in [0.717, 1.165) is 11.3 Å². The lowest BCUT2D eigenvalue weighted by atomic mass is 10.2. The lowest BCUT2D eigenvalue weighted by molar-refractivity contribution is 0.398. The summed E-state index contributed by atoms with van der Waals surface area (Å²) in [5.41, 5.74) is 7.39. The highest BCUT2D eigenvalue weighted by molar-refractivity contribution is 6.31. The average molecular weight is 265 g/mol. The van der Waals surface area contributed by atoms with Crippen molar-refractivity contribution < 1.29 is 4.74 Å². The molecule has 3 N–H and O–H groups in total. The minimum atomic E-state index is 0.150. The zero-order chi connectivity index (χ0) is 13.1. The SMILES string of the molecule is COc1cc(Nc2cccc(Cl)c2C)nc(N)n1. The number of anilines is 3. The van der Waals surface area contributed by atoms with Gasteiger partial charge in [0.2, 0.25) is 11.8 Å². The minimum Gasteiger partial charge on any atom is -0.481 e. The Hall–Kier alpha value is -2.01. The zero-order valence-corrected chi connectivity index (χ0v) is 10.8. The molecule has 1 aromatic heterocycles. The number of benzene rings is 1. The number of methoxy groups -OCH3 is 1. The molecular formula is C12H13ClN4O. The quantitative estimate of drug-likeness (QED) is 0.892. The molecule has 0 amide bonds. The summed E-state index contributed by atoms with van der Waals surface area (Å²) >= 11 is 6.05. The number of nitrogens with zero attached hydrogens (tertiary/aromatic N) is 2. The maximum absolute atomic E-state index is 6.05. The number of nitrogens with two attached hydrogens (primary N) is 1. The fourth-order valence-corrected chi connectivity index (χ4v) is 1.67. The predicted molar refractivity (Wildman–Crippen MR) is 72.5 cm³/mol. The minimum absolute atomic E-state index is 0.150. The van der Waals surface area contributed by atoms with Crippen molar-refractivity contribution in [2.24, 2.45) is 0 Å². The van der Waals surface area contributed by atoms with E-state index in [0.29, 0.717) is 16.7 Å². The Labute approximate surface area is 110 Å². The lowest BCUT2D eigenvalue weighted by Gasteiger charge is -2.10. The van der Waals surface area contributed by atoms with Crippen molar-refractivity contribution in [1.82, 2.24) is 9.97 Å². The molecule has 6 heteroatoms. The van der Waals surface area contributed by atoms with Gasteiger partial charge in [0.25, 0.3) is 0 Å². The highest BCUT2D eigenvalue weighted by Gasteiger charge is 2.06. The van der Waals surface area contributed by atoms with Gasteiger partial charge in [0.15, 0.2) is 0 Å². The van der Waals surface area contributed by atoms with E-state index >= 15 is 0 Å². The smallest absolute Gasteiger partial charge is 0.225 e. The summed E-state index contributed by atoms with van der Waals surface area (Å²) in [7, 11) is 1.52. The third-order valence-electron chi connectivity index (χ3n) is 2.46. The Morgan fingerprint density at radius 2 is 2.11 bits per heavy atom. The second-order valence-electron chi connectivity index (χ2n) is 3.69. The van der Waals surface area contributed by atoms with Crippen molar-refractivity contribution in [3.05, 3.63) is 34.9 Å². The van der Waals surface area contributed by atoms with Crippen LogP contribution in [0.25, 0.3) is 0 Å². The average Bonchev–Trinajstić information content (AvgIpc) is 2.34. The van der Waals surface area contributed by atoms with Crippen LogP contribution in [0, 0.1) is 6.92 Å². The van der Waals surface area contributed by atoms with Crippen LogP contribution in [-0.4, -0.2) is 17.1 Å². The molecule has 0 aliphatic heterocycles. The van der Waals surface area contributed by atoms with Crippen molar-refractivity contribution in [2.75, 3.05) is 18.2 Å². The molecular weight excluding hydrogens is 252 g/mol. The van der Waals surface area contributed by atoms with E-state index in [9.17, 15) is 0 Å². The third-order valence-corrected chi connectivity index (χ3v) is 2.87. The molecule has 0 aliphatic carbocycles. The van der Waals surface area contributed by atoms with Gasteiger partial charge in [-0.15, -0.1) is 0 Å². The van der Waals surface area contributed by atoms with E-state index in [4.69, 9.17) is 22.1 Å².